The minimum Gasteiger partial charge on any atom is -0.366 e. The number of ether oxygens (including phenoxy) is 3. The largest absolute Gasteiger partial charge is 0.366 e. The predicted molar refractivity (Wildman–Crippen MR) is 310 cm³/mol. The molecule has 4 amide bonds. The van der Waals surface area contributed by atoms with Gasteiger partial charge in [0.2, 0.25) is 24.9 Å². The number of hydrogen-bond donors (Lipinski definition) is 22. The van der Waals surface area contributed by atoms with Gasteiger partial charge in [-0.3, -0.25) is 62.2 Å². The molecule has 6 aliphatic heterocycles. The molecule has 2 unspecified atom stereocenters. The maximum Gasteiger partial charge on any atom is 0.345 e. The molecule has 29 nitrogen and oxygen atoms in total. The number of aromatic amines is 4. The van der Waals surface area contributed by atoms with Crippen LogP contribution in [0.3, 0.4) is 0 Å². The summed E-state index contributed by atoms with van der Waals surface area (Å²) in [6.07, 6.45) is -7.41. The van der Waals surface area contributed by atoms with Crippen LogP contribution in [-0.2, 0) is 14.2 Å². The zero-order chi connectivity index (χ0) is 57.6. The maximum absolute atomic E-state index is 14.4. The van der Waals surface area contributed by atoms with E-state index < -0.39 is 119 Å². The number of fused-ring (bicyclic) bond motifs is 4. The Labute approximate surface area is 523 Å². The van der Waals surface area contributed by atoms with Crippen molar-refractivity contribution in [2.75, 3.05) is 26.2 Å². The number of rotatable bonds is 14. The van der Waals surface area contributed by atoms with E-state index in [0.717, 1.165) is 0 Å². The summed E-state index contributed by atoms with van der Waals surface area (Å²) in [7, 11) is 0. The average molecular weight is 1640 g/mol. The third-order valence-corrected chi connectivity index (χ3v) is 23.7. The Morgan fingerprint density at radius 1 is 0.469 bits per heavy atom. The Bertz CT molecular complexity index is 3150. The van der Waals surface area contributed by atoms with Gasteiger partial charge in [-0.15, -0.1) is 0 Å². The van der Waals surface area contributed by atoms with Crippen molar-refractivity contribution in [1.29, 1.82) is 0 Å². The monoisotopic (exact) mass is 1630 g/mol. The van der Waals surface area contributed by atoms with Gasteiger partial charge in [0.05, 0.1) is 48.1 Å². The molecule has 4 aromatic heterocycles. The Balaban J connectivity index is 1.03. The Morgan fingerprint density at radius 3 is 1.02 bits per heavy atom. The molecule has 8 aliphatic rings. The minimum absolute atomic E-state index is 0.0213. The first-order valence-corrected chi connectivity index (χ1v) is 31.1. The van der Waals surface area contributed by atoms with E-state index >= 15 is 0 Å². The molecule has 10 heterocycles. The van der Waals surface area contributed by atoms with E-state index in [-0.39, 0.29) is 72.8 Å². The smallest absolute Gasteiger partial charge is 0.345 e. The predicted octanol–water partition coefficient (Wildman–Crippen LogP) is -7.19. The molecule has 0 radical (unpaired) electrons. The normalized spacial score (nSPS) is 35.5. The fraction of sp³-hybridized carbons (Fsp3) is 0.455. The first kappa shape index (κ1) is 57.2. The van der Waals surface area contributed by atoms with E-state index in [0.29, 0.717) is 36.3 Å². The molecule has 37 heteroatoms. The second-order valence-electron chi connectivity index (χ2n) is 20.8. The third-order valence-electron chi connectivity index (χ3n) is 16.5. The van der Waals surface area contributed by atoms with Gasteiger partial charge >= 0.3 is 23.8 Å². The number of H-pyrrole nitrogens is 4. The first-order valence-electron chi connectivity index (χ1n) is 24.7. The van der Waals surface area contributed by atoms with Gasteiger partial charge in [-0.1, -0.05) is 0 Å². The van der Waals surface area contributed by atoms with E-state index in [4.69, 9.17) is 37.1 Å². The SMILES string of the molecule is NC1=[NH+][C@@H]2O[C@@H]3[NH+]=C(N)N[C@]34C([C@H](CNC(=O)c3cc(Br)c(Br)[nH]3)[C@@H](CNC(=O)c3cc(Br)c(Br)[nH]3)[C@@H]4O[C@H]3[C@H](CNC(=O)c4cc(Br)c(Br)[nH]4)[C@@H](CNC(=O)c4cc(Br)c(Br)[nH]4)C4[C@]35NC(N)=[NH+][C@H]5O[C@H]3[NH+]=C(N)N[C@@]43O)[C@]2(O)N1. The van der Waals surface area contributed by atoms with Gasteiger partial charge in [-0.05, 0) is 164 Å². The Hall–Kier alpha value is -4.28. The molecular formula is C44H50Br8N20O9+4. The van der Waals surface area contributed by atoms with Crippen molar-refractivity contribution < 1.29 is 63.6 Å². The van der Waals surface area contributed by atoms with Crippen LogP contribution in [0, 0.1) is 35.5 Å². The zero-order valence-electron chi connectivity index (χ0n) is 41.2. The highest BCUT2D eigenvalue weighted by atomic mass is 79.9. The summed E-state index contributed by atoms with van der Waals surface area (Å²) in [5.41, 5.74) is 19.6. The molecule has 2 saturated carbocycles. The standard InChI is InChI=1S/C44H46Br8N20O9/c45-13-1-17(61-25(13)49)29(73)57-5-9-11(7-59-31(75)19-3-15(47)27(51)63-19)23(41-21(9)43(77)35(67-39(55)71-43)80-33(41)65-37(53)69-41)79-24-12(8-60-32(76)20-4-16(48)28(52)64-20)10(6-58-30(74)18-2-14(46)26(50)62-18)22-42(24)34(66-38(54)70-42)81-36-44(22,78)72-40(56)68-36/h1-4,9-12,21-24,33-36,61-64,77-78H,5-8H2,(H,57,73)(H,58,74)(H,59,75)(H,60,76)(H3,53,65,69)(H3,54,66,70)(H3,55,67,71)(H3,56,68,72)/p+4/t9-,10-,11-,12-,21?,22?,23+,24+,33+,34+,35-,36-,41+,42+,43-,44-/m1/s1. The summed E-state index contributed by atoms with van der Waals surface area (Å²) in [5, 5.41) is 52.0. The summed E-state index contributed by atoms with van der Waals surface area (Å²) >= 11 is 27.5. The van der Waals surface area contributed by atoms with Crippen molar-refractivity contribution in [1.82, 2.24) is 62.5 Å². The van der Waals surface area contributed by atoms with Crippen LogP contribution in [0.15, 0.2) is 60.6 Å². The highest BCUT2D eigenvalue weighted by Crippen LogP contribution is 2.60. The quantitative estimate of drug-likeness (QED) is 0.0558. The zero-order valence-corrected chi connectivity index (χ0v) is 53.8. The lowest BCUT2D eigenvalue weighted by atomic mass is 9.70. The van der Waals surface area contributed by atoms with Crippen molar-refractivity contribution in [3.05, 3.63) is 83.3 Å². The van der Waals surface area contributed by atoms with E-state index in [1.54, 1.807) is 24.3 Å². The van der Waals surface area contributed by atoms with Crippen molar-refractivity contribution in [2.24, 2.45) is 58.4 Å². The fourth-order valence-corrected chi connectivity index (χ4v) is 16.3. The molecule has 2 saturated heterocycles. The van der Waals surface area contributed by atoms with Crippen molar-refractivity contribution in [3.8, 4) is 0 Å². The highest BCUT2D eigenvalue weighted by Gasteiger charge is 2.85. The summed E-state index contributed by atoms with van der Waals surface area (Å²) < 4.78 is 25.8. The van der Waals surface area contributed by atoms with E-state index in [9.17, 15) is 29.4 Å². The van der Waals surface area contributed by atoms with Gasteiger partial charge in [0, 0.05) is 38.0 Å². The van der Waals surface area contributed by atoms with Crippen molar-refractivity contribution >= 4 is 175 Å². The third kappa shape index (κ3) is 9.18. The van der Waals surface area contributed by atoms with E-state index in [2.05, 4.69) is 210 Å². The molecule has 16 atom stereocenters. The maximum atomic E-state index is 14.4. The summed E-state index contributed by atoms with van der Waals surface area (Å²) in [5.74, 6) is -8.13. The molecule has 0 bridgehead atoms. The first-order chi connectivity index (χ1) is 38.4. The van der Waals surface area contributed by atoms with Crippen LogP contribution in [0.4, 0.5) is 0 Å². The number of carbonyl (C=O) groups excluding carboxylic acids is 4. The van der Waals surface area contributed by atoms with Crippen LogP contribution < -0.4 is 85.4 Å². The lowest BCUT2D eigenvalue weighted by molar-refractivity contribution is -0.664. The fourth-order valence-electron chi connectivity index (χ4n) is 13.6. The Kier molecular flexibility index (Phi) is 14.6. The molecule has 4 aromatic rings. The summed E-state index contributed by atoms with van der Waals surface area (Å²) in [4.78, 5) is 81.8. The van der Waals surface area contributed by atoms with Crippen LogP contribution in [0.25, 0.3) is 0 Å². The topological polar surface area (TPSA) is 456 Å². The molecule has 2 spiro atoms. The summed E-state index contributed by atoms with van der Waals surface area (Å²) in [6.45, 7) is -0.769. The molecule has 12 rings (SSSR count). The van der Waals surface area contributed by atoms with Crippen molar-refractivity contribution in [3.63, 3.8) is 0 Å². The minimum atomic E-state index is -2.11. The number of aliphatic hydroxyl groups is 2. The van der Waals surface area contributed by atoms with E-state index in [1.807, 2.05) is 0 Å². The van der Waals surface area contributed by atoms with Gasteiger partial charge in [0.25, 0.3) is 35.1 Å². The lowest BCUT2D eigenvalue weighted by Gasteiger charge is -2.50. The summed E-state index contributed by atoms with van der Waals surface area (Å²) in [6, 6.07) is 6.38. The molecule has 4 fully saturated rings. The molecule has 26 N–H and O–H groups in total. The van der Waals surface area contributed by atoms with E-state index in [1.165, 1.54) is 0 Å². The van der Waals surface area contributed by atoms with Gasteiger partial charge in [-0.2, -0.15) is 0 Å². The number of nitrogens with one attached hydrogen (secondary N) is 16. The molecule has 2 aliphatic carbocycles. The molecule has 81 heavy (non-hydrogen) atoms. The number of guanidine groups is 4. The van der Waals surface area contributed by atoms with Gasteiger partial charge in [0.1, 0.15) is 35.0 Å². The van der Waals surface area contributed by atoms with Crippen molar-refractivity contribution in [2.45, 2.75) is 59.6 Å². The van der Waals surface area contributed by atoms with Crippen LogP contribution in [0.2, 0.25) is 0 Å². The van der Waals surface area contributed by atoms with Crippen LogP contribution in [-0.4, -0.2) is 163 Å². The van der Waals surface area contributed by atoms with Gasteiger partial charge < -0.3 is 56.2 Å². The average Bonchev–Trinajstić information content (AvgIpc) is 2.20. The molecular weight excluding hydrogens is 1590 g/mol. The number of nitrogens with two attached hydrogens (primary N) is 4. The van der Waals surface area contributed by atoms with Crippen LogP contribution in [0.1, 0.15) is 42.0 Å². The Morgan fingerprint density at radius 2 is 0.741 bits per heavy atom. The van der Waals surface area contributed by atoms with Crippen LogP contribution >= 0.6 is 127 Å². The highest BCUT2D eigenvalue weighted by molar-refractivity contribution is 9.14. The number of carbonyl (C=O) groups is 4. The number of aromatic nitrogens is 4. The second-order valence-corrected chi connectivity index (χ2v) is 27.4. The number of halogens is 8. The lowest BCUT2D eigenvalue weighted by Crippen LogP contribution is -2.94. The van der Waals surface area contributed by atoms with Gasteiger partial charge in [0.15, 0.2) is 11.1 Å². The number of amides is 4. The number of hydrogen-bond acceptors (Lipinski definition) is 17. The second kappa shape index (κ2) is 20.8. The molecule has 432 valence electrons. The van der Waals surface area contributed by atoms with Crippen LogP contribution in [0.5, 0.6) is 0 Å². The molecule has 0 aromatic carbocycles. The van der Waals surface area contributed by atoms with Gasteiger partial charge in [-0.25, -0.2) is 30.6 Å².